The lowest BCUT2D eigenvalue weighted by Gasteiger charge is -2.16. The number of nitrogens with one attached hydrogen (secondary N) is 1. The Kier molecular flexibility index (Phi) is 6.43. The summed E-state index contributed by atoms with van der Waals surface area (Å²) in [6.45, 7) is 0. The fraction of sp³-hybridized carbons (Fsp3) is 0.0417. The number of benzene rings is 3. The summed E-state index contributed by atoms with van der Waals surface area (Å²) >= 11 is 14.8. The molecule has 11 heteroatoms. The molecule has 0 unspecified atom stereocenters. The lowest BCUT2D eigenvalue weighted by Crippen LogP contribution is -2.29. The van der Waals surface area contributed by atoms with Gasteiger partial charge in [0.1, 0.15) is 5.82 Å². The van der Waals surface area contributed by atoms with Crippen molar-refractivity contribution in [2.75, 3.05) is 4.31 Å². The molecule has 7 nitrogen and oxygen atoms in total. The van der Waals surface area contributed by atoms with Crippen LogP contribution >= 0.6 is 45.8 Å². The predicted molar refractivity (Wildman–Crippen MR) is 146 cm³/mol. The Morgan fingerprint density at radius 1 is 1.00 bits per heavy atom. The van der Waals surface area contributed by atoms with Crippen LogP contribution in [0.15, 0.2) is 85.0 Å². The van der Waals surface area contributed by atoms with Crippen molar-refractivity contribution in [3.8, 4) is 16.9 Å². The molecule has 4 aromatic rings. The molecule has 1 aliphatic heterocycles. The van der Waals surface area contributed by atoms with E-state index in [0.717, 1.165) is 31.0 Å². The van der Waals surface area contributed by atoms with Gasteiger partial charge >= 0.3 is 10.2 Å². The van der Waals surface area contributed by atoms with Crippen LogP contribution < -0.4 is 9.03 Å². The lowest BCUT2D eigenvalue weighted by molar-refractivity contribution is 0.392. The summed E-state index contributed by atoms with van der Waals surface area (Å²) in [7, 11) is -3.91. The number of halogens is 3. The number of imidazole rings is 1. The number of aliphatic hydroxyl groups is 1. The summed E-state index contributed by atoms with van der Waals surface area (Å²) in [5.41, 5.74) is 3.52. The number of nitrogens with zero attached hydrogens (tertiary/aromatic N) is 3. The minimum Gasteiger partial charge on any atom is -0.493 e. The zero-order chi connectivity index (χ0) is 24.7. The number of aliphatic hydroxyl groups excluding tert-OH is 1. The van der Waals surface area contributed by atoms with Crippen LogP contribution in [0, 0.1) is 3.57 Å². The minimum atomic E-state index is -3.91. The molecule has 0 amide bonds. The van der Waals surface area contributed by atoms with Gasteiger partial charge in [-0.15, -0.1) is 0 Å². The van der Waals surface area contributed by atoms with Crippen molar-refractivity contribution in [2.24, 2.45) is 0 Å². The van der Waals surface area contributed by atoms with E-state index in [2.05, 4.69) is 27.3 Å². The van der Waals surface area contributed by atoms with Gasteiger partial charge in [-0.05, 0) is 76.7 Å². The van der Waals surface area contributed by atoms with E-state index in [4.69, 9.17) is 28.2 Å². The first-order chi connectivity index (χ1) is 16.7. The third kappa shape index (κ3) is 4.99. The highest BCUT2D eigenvalue weighted by Gasteiger charge is 2.29. The number of aromatic nitrogens is 2. The Labute approximate surface area is 226 Å². The summed E-state index contributed by atoms with van der Waals surface area (Å²) in [6.07, 6.45) is 3.52. The average molecular weight is 639 g/mol. The maximum atomic E-state index is 12.4. The van der Waals surface area contributed by atoms with Gasteiger partial charge in [-0.2, -0.15) is 8.42 Å². The second kappa shape index (κ2) is 9.38. The average Bonchev–Trinajstić information content (AvgIpc) is 3.34. The van der Waals surface area contributed by atoms with Gasteiger partial charge in [0, 0.05) is 32.5 Å². The van der Waals surface area contributed by atoms with E-state index in [9.17, 15) is 13.5 Å². The van der Waals surface area contributed by atoms with Crippen LogP contribution in [0.3, 0.4) is 0 Å². The molecular weight excluding hydrogens is 622 g/mol. The Bertz CT molecular complexity index is 1570. The maximum absolute atomic E-state index is 12.4. The third-order valence-electron chi connectivity index (χ3n) is 5.36. The highest BCUT2D eigenvalue weighted by atomic mass is 127. The number of anilines is 1. The highest BCUT2D eigenvalue weighted by molar-refractivity contribution is 14.1. The molecule has 2 heterocycles. The molecule has 0 atom stereocenters. The van der Waals surface area contributed by atoms with Crippen LogP contribution in [-0.2, 0) is 16.6 Å². The van der Waals surface area contributed by atoms with E-state index in [-0.39, 0.29) is 0 Å². The van der Waals surface area contributed by atoms with Crippen LogP contribution in [0.4, 0.5) is 5.69 Å². The molecule has 0 saturated heterocycles. The topological polar surface area (TPSA) is 87.5 Å². The summed E-state index contributed by atoms with van der Waals surface area (Å²) in [5.74, 6) is 0.294. The lowest BCUT2D eigenvalue weighted by atomic mass is 10.1. The van der Waals surface area contributed by atoms with Crippen LogP contribution in [0.1, 0.15) is 11.4 Å². The maximum Gasteiger partial charge on any atom is 0.330 e. The third-order valence-corrected chi connectivity index (χ3v) is 7.92. The molecule has 3 aromatic carbocycles. The van der Waals surface area contributed by atoms with Crippen molar-refractivity contribution in [2.45, 2.75) is 6.42 Å². The first kappa shape index (κ1) is 24.0. The van der Waals surface area contributed by atoms with Crippen molar-refractivity contribution >= 4 is 61.7 Å². The number of hydrogen-bond donors (Lipinski definition) is 2. The summed E-state index contributed by atoms with van der Waals surface area (Å²) < 4.78 is 30.8. The van der Waals surface area contributed by atoms with Gasteiger partial charge in [-0.3, -0.25) is 0 Å². The zero-order valence-electron chi connectivity index (χ0n) is 17.9. The Hall–Kier alpha value is -2.73. The molecule has 1 aromatic heterocycles. The van der Waals surface area contributed by atoms with Crippen LogP contribution in [0.5, 0.6) is 0 Å². The van der Waals surface area contributed by atoms with E-state index in [1.165, 1.54) is 0 Å². The molecule has 2 N–H and O–H groups in total. The van der Waals surface area contributed by atoms with Gasteiger partial charge in [0.15, 0.2) is 0 Å². The Morgan fingerprint density at radius 2 is 1.74 bits per heavy atom. The molecule has 178 valence electrons. The standard InChI is InChI=1S/C24H17Cl2IN4O3S/c25-16-6-9-20(21(26)11-16)22-13-30(23(28-22)10-15-4-7-17(27)8-5-15)18-2-1-3-19(12-18)31-14-24(32)29-35(31,33)34/h1-9,11-14,29,32H,10H2. The Balaban J connectivity index is 1.62. The first-order valence-electron chi connectivity index (χ1n) is 10.3. The summed E-state index contributed by atoms with van der Waals surface area (Å²) in [4.78, 5) is 4.87. The second-order valence-corrected chi connectivity index (χ2v) is 11.4. The van der Waals surface area contributed by atoms with E-state index in [0.29, 0.717) is 33.5 Å². The molecule has 0 radical (unpaired) electrons. The van der Waals surface area contributed by atoms with Gasteiger partial charge in [0.2, 0.25) is 5.88 Å². The van der Waals surface area contributed by atoms with Gasteiger partial charge in [-0.25, -0.2) is 14.0 Å². The molecule has 0 saturated carbocycles. The predicted octanol–water partition coefficient (Wildman–Crippen LogP) is 6.05. The van der Waals surface area contributed by atoms with E-state index in [1.54, 1.807) is 30.3 Å². The fourth-order valence-corrected chi connectivity index (χ4v) is 5.67. The fourth-order valence-electron chi connectivity index (χ4n) is 3.76. The zero-order valence-corrected chi connectivity index (χ0v) is 22.3. The van der Waals surface area contributed by atoms with Crippen molar-refractivity contribution < 1.29 is 13.5 Å². The van der Waals surface area contributed by atoms with Gasteiger partial charge in [0.05, 0.1) is 22.6 Å². The summed E-state index contributed by atoms with van der Waals surface area (Å²) in [6, 6.07) is 20.3. The molecule has 0 bridgehead atoms. The first-order valence-corrected chi connectivity index (χ1v) is 13.6. The van der Waals surface area contributed by atoms with Gasteiger partial charge < -0.3 is 9.67 Å². The second-order valence-electron chi connectivity index (χ2n) is 7.78. The van der Waals surface area contributed by atoms with Crippen molar-refractivity contribution in [1.82, 2.24) is 14.3 Å². The molecular formula is C24H17Cl2IN4O3S. The normalized spacial score (nSPS) is 14.6. The molecule has 1 aliphatic rings. The molecule has 0 aliphatic carbocycles. The van der Waals surface area contributed by atoms with Crippen LogP contribution in [0.25, 0.3) is 16.9 Å². The largest absolute Gasteiger partial charge is 0.493 e. The summed E-state index contributed by atoms with van der Waals surface area (Å²) in [5, 5.41) is 10.7. The molecule has 35 heavy (non-hydrogen) atoms. The quantitative estimate of drug-likeness (QED) is 0.261. The molecule has 0 fully saturated rings. The number of rotatable bonds is 5. The van der Waals surface area contributed by atoms with Crippen molar-refractivity contribution in [3.05, 3.63) is 110 Å². The van der Waals surface area contributed by atoms with Crippen molar-refractivity contribution in [3.63, 3.8) is 0 Å². The van der Waals surface area contributed by atoms with Crippen molar-refractivity contribution in [1.29, 1.82) is 0 Å². The molecule has 5 rings (SSSR count). The van der Waals surface area contributed by atoms with E-state index in [1.807, 2.05) is 47.2 Å². The van der Waals surface area contributed by atoms with Crippen LogP contribution in [0.2, 0.25) is 10.0 Å². The van der Waals surface area contributed by atoms with Gasteiger partial charge in [0.25, 0.3) is 0 Å². The number of hydrogen-bond acceptors (Lipinski definition) is 4. The smallest absolute Gasteiger partial charge is 0.330 e. The minimum absolute atomic E-state index is 0.360. The van der Waals surface area contributed by atoms with Gasteiger partial charge in [-0.1, -0.05) is 41.4 Å². The molecule has 0 spiro atoms. The Morgan fingerprint density at radius 3 is 2.43 bits per heavy atom. The monoisotopic (exact) mass is 638 g/mol. The highest BCUT2D eigenvalue weighted by Crippen LogP contribution is 2.32. The van der Waals surface area contributed by atoms with E-state index >= 15 is 0 Å². The van der Waals surface area contributed by atoms with Crippen LogP contribution in [-0.4, -0.2) is 23.1 Å². The SMILES string of the molecule is O=S1(=O)NC(O)=CN1c1cccc(-n2cc(-c3ccc(Cl)cc3Cl)nc2Cc2ccc(I)cc2)c1. The van der Waals surface area contributed by atoms with E-state index < -0.39 is 16.1 Å².